The van der Waals surface area contributed by atoms with Crippen LogP contribution in [-0.4, -0.2) is 48.3 Å². The van der Waals surface area contributed by atoms with Gasteiger partial charge in [-0.25, -0.2) is 13.4 Å². The van der Waals surface area contributed by atoms with Crippen LogP contribution in [0.2, 0.25) is 0 Å². The second-order valence-electron chi connectivity index (χ2n) is 7.07. The highest BCUT2D eigenvalue weighted by Crippen LogP contribution is 2.25. The molecule has 0 aliphatic carbocycles. The summed E-state index contributed by atoms with van der Waals surface area (Å²) in [5.74, 6) is 0. The zero-order valence-electron chi connectivity index (χ0n) is 16.0. The number of aryl methyl sites for hydroxylation is 3. The van der Waals surface area contributed by atoms with Gasteiger partial charge < -0.3 is 4.90 Å². The molecule has 28 heavy (non-hydrogen) atoms. The van der Waals surface area contributed by atoms with Crippen molar-refractivity contribution in [1.82, 2.24) is 13.7 Å². The van der Waals surface area contributed by atoms with Crippen LogP contribution in [0.5, 0.6) is 0 Å². The Hall–Kier alpha value is -2.23. The first-order valence-electron chi connectivity index (χ1n) is 9.08. The van der Waals surface area contributed by atoms with Crippen LogP contribution in [0.3, 0.4) is 0 Å². The highest BCUT2D eigenvalue weighted by molar-refractivity contribution is 7.89. The Balaban J connectivity index is 1.62. The van der Waals surface area contributed by atoms with E-state index in [9.17, 15) is 13.2 Å². The molecule has 0 spiro atoms. The number of hydrogen-bond acceptors (Lipinski definition) is 6. The molecule has 0 bridgehead atoms. The molecule has 2 aromatic heterocycles. The highest BCUT2D eigenvalue weighted by atomic mass is 32.2. The Labute approximate surface area is 167 Å². The molecule has 9 heteroatoms. The van der Waals surface area contributed by atoms with Gasteiger partial charge in [0.05, 0.1) is 5.69 Å². The second-order valence-corrected chi connectivity index (χ2v) is 9.82. The average molecular weight is 419 g/mol. The highest BCUT2D eigenvalue weighted by Gasteiger charge is 2.33. The summed E-state index contributed by atoms with van der Waals surface area (Å²) in [6.45, 7) is 7.54. The zero-order chi connectivity index (χ0) is 20.1. The molecule has 7 nitrogen and oxygen atoms in total. The van der Waals surface area contributed by atoms with Gasteiger partial charge in [-0.2, -0.15) is 4.31 Å². The third kappa shape index (κ3) is 3.13. The smallest absolute Gasteiger partial charge is 0.279 e. The fourth-order valence-electron chi connectivity index (χ4n) is 3.72. The molecule has 0 N–H and O–H groups in total. The van der Waals surface area contributed by atoms with E-state index in [1.807, 2.05) is 0 Å². The summed E-state index contributed by atoms with van der Waals surface area (Å²) >= 11 is 1.31. The van der Waals surface area contributed by atoms with Crippen LogP contribution in [0.1, 0.15) is 16.8 Å². The van der Waals surface area contributed by atoms with Crippen molar-refractivity contribution in [3.05, 3.63) is 57.0 Å². The predicted octanol–water partition coefficient (Wildman–Crippen LogP) is 2.19. The van der Waals surface area contributed by atoms with Gasteiger partial charge in [0.25, 0.3) is 15.6 Å². The van der Waals surface area contributed by atoms with Gasteiger partial charge in [-0.15, -0.1) is 11.3 Å². The van der Waals surface area contributed by atoms with E-state index in [0.29, 0.717) is 31.1 Å². The van der Waals surface area contributed by atoms with Crippen molar-refractivity contribution >= 4 is 32.0 Å². The zero-order valence-corrected chi connectivity index (χ0v) is 17.7. The molecule has 1 aromatic carbocycles. The van der Waals surface area contributed by atoms with Crippen LogP contribution in [0.4, 0.5) is 5.69 Å². The maximum atomic E-state index is 13.2. The topological polar surface area (TPSA) is 75.0 Å². The number of hydrogen-bond donors (Lipinski definition) is 0. The van der Waals surface area contributed by atoms with E-state index in [1.165, 1.54) is 31.2 Å². The number of fused-ring (bicyclic) bond motifs is 1. The largest absolute Gasteiger partial charge is 0.369 e. The van der Waals surface area contributed by atoms with Crippen molar-refractivity contribution in [2.24, 2.45) is 0 Å². The maximum Gasteiger partial charge on any atom is 0.279 e. The first-order chi connectivity index (χ1) is 13.3. The van der Waals surface area contributed by atoms with Gasteiger partial charge in [0.2, 0.25) is 0 Å². The molecule has 0 radical (unpaired) electrons. The number of sulfonamides is 1. The van der Waals surface area contributed by atoms with Gasteiger partial charge in [-0.1, -0.05) is 17.7 Å². The summed E-state index contributed by atoms with van der Waals surface area (Å²) in [6.07, 6.45) is 1.56. The van der Waals surface area contributed by atoms with Crippen LogP contribution in [-0.2, 0) is 10.0 Å². The van der Waals surface area contributed by atoms with Gasteiger partial charge in [-0.05, 0) is 32.4 Å². The van der Waals surface area contributed by atoms with E-state index in [4.69, 9.17) is 0 Å². The summed E-state index contributed by atoms with van der Waals surface area (Å²) in [4.78, 5) is 19.6. The van der Waals surface area contributed by atoms with Crippen molar-refractivity contribution in [1.29, 1.82) is 0 Å². The molecule has 1 saturated heterocycles. The van der Waals surface area contributed by atoms with Crippen LogP contribution in [0.15, 0.2) is 39.5 Å². The Morgan fingerprint density at radius 2 is 1.79 bits per heavy atom. The normalized spacial score (nSPS) is 16.0. The quantitative estimate of drug-likeness (QED) is 0.652. The molecule has 1 aliphatic heterocycles. The Bertz CT molecular complexity index is 1210. The van der Waals surface area contributed by atoms with Crippen molar-refractivity contribution < 1.29 is 8.42 Å². The SMILES string of the molecule is Cc1ccc(N2CCN(S(=O)(=O)c3c(C)nc4sccn4c3=O)CC2)c(C)c1. The number of aromatic nitrogens is 2. The van der Waals surface area contributed by atoms with Gasteiger partial charge in [0.15, 0.2) is 9.86 Å². The van der Waals surface area contributed by atoms with E-state index in [1.54, 1.807) is 18.5 Å². The summed E-state index contributed by atoms with van der Waals surface area (Å²) in [7, 11) is -3.90. The summed E-state index contributed by atoms with van der Waals surface area (Å²) in [6, 6.07) is 6.28. The third-order valence-corrected chi connectivity index (χ3v) is 7.91. The first-order valence-corrected chi connectivity index (χ1v) is 11.4. The molecule has 3 heterocycles. The van der Waals surface area contributed by atoms with Crippen LogP contribution >= 0.6 is 11.3 Å². The maximum absolute atomic E-state index is 13.2. The van der Waals surface area contributed by atoms with E-state index in [2.05, 4.69) is 41.9 Å². The Morgan fingerprint density at radius 3 is 2.46 bits per heavy atom. The van der Waals surface area contributed by atoms with Crippen LogP contribution in [0, 0.1) is 20.8 Å². The minimum Gasteiger partial charge on any atom is -0.369 e. The van der Waals surface area contributed by atoms with Crippen molar-refractivity contribution in [2.75, 3.05) is 31.1 Å². The Morgan fingerprint density at radius 1 is 1.07 bits per heavy atom. The number of anilines is 1. The van der Waals surface area contributed by atoms with E-state index < -0.39 is 15.6 Å². The summed E-state index contributed by atoms with van der Waals surface area (Å²) in [5, 5.41) is 1.72. The lowest BCUT2D eigenvalue weighted by molar-refractivity contribution is 0.383. The van der Waals surface area contributed by atoms with Crippen LogP contribution in [0.25, 0.3) is 4.96 Å². The predicted molar refractivity (Wildman–Crippen MR) is 111 cm³/mol. The molecular formula is C19H22N4O3S2. The molecule has 0 unspecified atom stereocenters. The number of piperazine rings is 1. The fraction of sp³-hybridized carbons (Fsp3) is 0.368. The number of rotatable bonds is 3. The average Bonchev–Trinajstić information content (AvgIpc) is 3.10. The van der Waals surface area contributed by atoms with Crippen molar-refractivity contribution in [3.8, 4) is 0 Å². The second kappa shape index (κ2) is 6.98. The third-order valence-electron chi connectivity index (χ3n) is 5.12. The molecule has 4 rings (SSSR count). The lowest BCUT2D eigenvalue weighted by atomic mass is 10.1. The lowest BCUT2D eigenvalue weighted by Crippen LogP contribution is -2.50. The molecule has 1 aliphatic rings. The minimum absolute atomic E-state index is 0.219. The van der Waals surface area contributed by atoms with E-state index in [-0.39, 0.29) is 10.6 Å². The molecule has 1 fully saturated rings. The lowest BCUT2D eigenvalue weighted by Gasteiger charge is -2.36. The minimum atomic E-state index is -3.90. The fourth-order valence-corrected chi connectivity index (χ4v) is 6.11. The standard InChI is InChI=1S/C19H22N4O3S2/c1-13-4-5-16(14(2)12-13)21-6-8-22(9-7-21)28(25,26)17-15(3)20-19-23(18(17)24)10-11-27-19/h4-5,10-12H,6-9H2,1-3H3. The monoisotopic (exact) mass is 418 g/mol. The molecular weight excluding hydrogens is 396 g/mol. The van der Waals surface area contributed by atoms with Gasteiger partial charge in [0, 0.05) is 43.4 Å². The van der Waals surface area contributed by atoms with Gasteiger partial charge in [-0.3, -0.25) is 9.20 Å². The van der Waals surface area contributed by atoms with Gasteiger partial charge >= 0.3 is 0 Å². The number of benzene rings is 1. The number of nitrogens with zero attached hydrogens (tertiary/aromatic N) is 4. The molecule has 3 aromatic rings. The molecule has 0 saturated carbocycles. The number of thiazole rings is 1. The summed E-state index contributed by atoms with van der Waals surface area (Å²) < 4.78 is 29.1. The first kappa shape index (κ1) is 19.1. The molecule has 0 atom stereocenters. The van der Waals surface area contributed by atoms with E-state index >= 15 is 0 Å². The molecule has 0 amide bonds. The molecule has 148 valence electrons. The van der Waals surface area contributed by atoms with Crippen LogP contribution < -0.4 is 10.5 Å². The van der Waals surface area contributed by atoms with Crippen molar-refractivity contribution in [2.45, 2.75) is 25.7 Å². The summed E-state index contributed by atoms with van der Waals surface area (Å²) in [5.41, 5.74) is 3.23. The Kier molecular flexibility index (Phi) is 4.76. The van der Waals surface area contributed by atoms with E-state index in [0.717, 1.165) is 5.69 Å². The van der Waals surface area contributed by atoms with Crippen molar-refractivity contribution in [3.63, 3.8) is 0 Å². The van der Waals surface area contributed by atoms with Gasteiger partial charge in [0.1, 0.15) is 0 Å².